The van der Waals surface area contributed by atoms with Crippen LogP contribution in [-0.2, 0) is 0 Å². The molecule has 0 amide bonds. The van der Waals surface area contributed by atoms with Crippen molar-refractivity contribution in [2.45, 2.75) is 44.8 Å². The summed E-state index contributed by atoms with van der Waals surface area (Å²) in [6.45, 7) is 1.77. The highest BCUT2D eigenvalue weighted by molar-refractivity contribution is 5.28. The Hall–Kier alpha value is -1.02. The molecule has 1 atom stereocenters. The molecule has 0 bridgehead atoms. The molecule has 2 nitrogen and oxygen atoms in total. The second-order valence-corrected chi connectivity index (χ2v) is 4.27. The summed E-state index contributed by atoms with van der Waals surface area (Å²) in [6, 6.07) is 7.74. The van der Waals surface area contributed by atoms with Crippen molar-refractivity contribution in [1.82, 2.24) is 0 Å². The summed E-state index contributed by atoms with van der Waals surface area (Å²) < 4.78 is 5.83. The summed E-state index contributed by atoms with van der Waals surface area (Å²) in [5.41, 5.74) is 0.939. The summed E-state index contributed by atoms with van der Waals surface area (Å²) in [4.78, 5) is 0. The average Bonchev–Trinajstić information content (AvgIpc) is 2.71. The molecule has 1 N–H and O–H groups in total. The molecule has 0 saturated heterocycles. The van der Waals surface area contributed by atoms with Crippen LogP contribution in [0.2, 0.25) is 0 Å². The standard InChI is InChI=1S/C13H18O2/c1-10(14)11-6-8-13(9-7-11)15-12-4-2-3-5-12/h6-10,12,14H,2-5H2,1H3. The summed E-state index contributed by atoms with van der Waals surface area (Å²) in [6.07, 6.45) is 4.94. The highest BCUT2D eigenvalue weighted by atomic mass is 16.5. The van der Waals surface area contributed by atoms with Crippen molar-refractivity contribution >= 4 is 0 Å². The van der Waals surface area contributed by atoms with E-state index in [9.17, 15) is 5.11 Å². The topological polar surface area (TPSA) is 29.5 Å². The fraction of sp³-hybridized carbons (Fsp3) is 0.538. The third kappa shape index (κ3) is 2.72. The number of rotatable bonds is 3. The Balaban J connectivity index is 1.97. The summed E-state index contributed by atoms with van der Waals surface area (Å²) in [7, 11) is 0. The average molecular weight is 206 g/mol. The Kier molecular flexibility index (Phi) is 3.27. The maximum atomic E-state index is 9.36. The van der Waals surface area contributed by atoms with Gasteiger partial charge in [0.15, 0.2) is 0 Å². The van der Waals surface area contributed by atoms with Gasteiger partial charge in [-0.2, -0.15) is 0 Å². The molecule has 1 aliphatic rings. The van der Waals surface area contributed by atoms with Gasteiger partial charge in [0.2, 0.25) is 0 Å². The van der Waals surface area contributed by atoms with Crippen LogP contribution < -0.4 is 4.74 Å². The maximum absolute atomic E-state index is 9.36. The zero-order valence-electron chi connectivity index (χ0n) is 9.15. The van der Waals surface area contributed by atoms with Crippen LogP contribution in [0.3, 0.4) is 0 Å². The van der Waals surface area contributed by atoms with Gasteiger partial charge in [0.05, 0.1) is 12.2 Å². The fourth-order valence-electron chi connectivity index (χ4n) is 2.02. The Morgan fingerprint density at radius 3 is 2.33 bits per heavy atom. The molecule has 0 radical (unpaired) electrons. The van der Waals surface area contributed by atoms with Gasteiger partial charge < -0.3 is 9.84 Å². The van der Waals surface area contributed by atoms with Crippen molar-refractivity contribution in [3.05, 3.63) is 29.8 Å². The van der Waals surface area contributed by atoms with Crippen molar-refractivity contribution < 1.29 is 9.84 Å². The van der Waals surface area contributed by atoms with E-state index in [-0.39, 0.29) is 0 Å². The predicted molar refractivity (Wildman–Crippen MR) is 60.0 cm³/mol. The monoisotopic (exact) mass is 206 g/mol. The highest BCUT2D eigenvalue weighted by Crippen LogP contribution is 2.25. The van der Waals surface area contributed by atoms with Gasteiger partial charge in [-0.1, -0.05) is 12.1 Å². The molecule has 0 aliphatic heterocycles. The van der Waals surface area contributed by atoms with Gasteiger partial charge in [0.1, 0.15) is 5.75 Å². The number of benzene rings is 1. The number of ether oxygens (including phenoxy) is 1. The van der Waals surface area contributed by atoms with Gasteiger partial charge in [-0.25, -0.2) is 0 Å². The van der Waals surface area contributed by atoms with Crippen LogP contribution in [0, 0.1) is 0 Å². The van der Waals surface area contributed by atoms with Crippen LogP contribution in [0.1, 0.15) is 44.3 Å². The Labute approximate surface area is 90.9 Å². The number of hydrogen-bond acceptors (Lipinski definition) is 2. The first-order valence-electron chi connectivity index (χ1n) is 5.70. The minimum atomic E-state index is -0.398. The van der Waals surface area contributed by atoms with E-state index in [0.717, 1.165) is 11.3 Å². The smallest absolute Gasteiger partial charge is 0.119 e. The lowest BCUT2D eigenvalue weighted by atomic mass is 10.1. The van der Waals surface area contributed by atoms with Crippen molar-refractivity contribution in [3.63, 3.8) is 0 Å². The lowest BCUT2D eigenvalue weighted by molar-refractivity contribution is 0.197. The highest BCUT2D eigenvalue weighted by Gasteiger charge is 2.16. The molecule has 1 aromatic carbocycles. The van der Waals surface area contributed by atoms with E-state index in [1.54, 1.807) is 6.92 Å². The van der Waals surface area contributed by atoms with Gasteiger partial charge in [0.25, 0.3) is 0 Å². The van der Waals surface area contributed by atoms with Gasteiger partial charge in [-0.3, -0.25) is 0 Å². The molecule has 0 aromatic heterocycles. The molecule has 1 saturated carbocycles. The quantitative estimate of drug-likeness (QED) is 0.823. The predicted octanol–water partition coefficient (Wildman–Crippen LogP) is 3.06. The van der Waals surface area contributed by atoms with Crippen LogP contribution >= 0.6 is 0 Å². The van der Waals surface area contributed by atoms with E-state index in [4.69, 9.17) is 4.74 Å². The third-order valence-corrected chi connectivity index (χ3v) is 2.97. The van der Waals surface area contributed by atoms with Crippen LogP contribution in [0.5, 0.6) is 5.75 Å². The van der Waals surface area contributed by atoms with E-state index in [1.807, 2.05) is 24.3 Å². The molecule has 2 heteroatoms. The molecule has 1 unspecified atom stereocenters. The van der Waals surface area contributed by atoms with E-state index in [1.165, 1.54) is 25.7 Å². The van der Waals surface area contributed by atoms with Crippen LogP contribution in [0.4, 0.5) is 0 Å². The zero-order chi connectivity index (χ0) is 10.7. The molecule has 1 aromatic rings. The number of aliphatic hydroxyl groups excluding tert-OH is 1. The summed E-state index contributed by atoms with van der Waals surface area (Å²) in [5, 5.41) is 9.36. The lowest BCUT2D eigenvalue weighted by Gasteiger charge is -2.13. The molecule has 82 valence electrons. The Bertz CT molecular complexity index is 297. The third-order valence-electron chi connectivity index (χ3n) is 2.97. The summed E-state index contributed by atoms with van der Waals surface area (Å²) in [5.74, 6) is 0.923. The van der Waals surface area contributed by atoms with E-state index in [0.29, 0.717) is 6.10 Å². The molecule has 1 fully saturated rings. The minimum Gasteiger partial charge on any atom is -0.490 e. The van der Waals surface area contributed by atoms with Gasteiger partial charge >= 0.3 is 0 Å². The Morgan fingerprint density at radius 2 is 1.80 bits per heavy atom. The number of aliphatic hydroxyl groups is 1. The van der Waals surface area contributed by atoms with E-state index < -0.39 is 6.10 Å². The van der Waals surface area contributed by atoms with Gasteiger partial charge in [-0.15, -0.1) is 0 Å². The van der Waals surface area contributed by atoms with Gasteiger partial charge in [-0.05, 0) is 50.3 Å². The van der Waals surface area contributed by atoms with Crippen LogP contribution in [-0.4, -0.2) is 11.2 Å². The molecule has 0 spiro atoms. The van der Waals surface area contributed by atoms with Crippen molar-refractivity contribution in [3.8, 4) is 5.75 Å². The molecule has 2 rings (SSSR count). The minimum absolute atomic E-state index is 0.398. The maximum Gasteiger partial charge on any atom is 0.119 e. The first kappa shape index (κ1) is 10.5. The molecular formula is C13H18O2. The number of hydrogen-bond donors (Lipinski definition) is 1. The molecule has 15 heavy (non-hydrogen) atoms. The van der Waals surface area contributed by atoms with E-state index in [2.05, 4.69) is 0 Å². The van der Waals surface area contributed by atoms with Gasteiger partial charge in [0, 0.05) is 0 Å². The SMILES string of the molecule is CC(O)c1ccc(OC2CCCC2)cc1. The molecular weight excluding hydrogens is 188 g/mol. The van der Waals surface area contributed by atoms with Crippen LogP contribution in [0.15, 0.2) is 24.3 Å². The second-order valence-electron chi connectivity index (χ2n) is 4.27. The largest absolute Gasteiger partial charge is 0.490 e. The van der Waals surface area contributed by atoms with Crippen LogP contribution in [0.25, 0.3) is 0 Å². The fourth-order valence-corrected chi connectivity index (χ4v) is 2.02. The molecule has 1 aliphatic carbocycles. The lowest BCUT2D eigenvalue weighted by Crippen LogP contribution is -2.10. The van der Waals surface area contributed by atoms with Crippen molar-refractivity contribution in [2.75, 3.05) is 0 Å². The second kappa shape index (κ2) is 4.67. The molecule has 0 heterocycles. The van der Waals surface area contributed by atoms with Crippen molar-refractivity contribution in [1.29, 1.82) is 0 Å². The van der Waals surface area contributed by atoms with Crippen molar-refractivity contribution in [2.24, 2.45) is 0 Å². The first-order chi connectivity index (χ1) is 7.25. The normalized spacial score (nSPS) is 19.1. The first-order valence-corrected chi connectivity index (χ1v) is 5.70. The Morgan fingerprint density at radius 1 is 1.20 bits per heavy atom. The summed E-state index contributed by atoms with van der Waals surface area (Å²) >= 11 is 0. The zero-order valence-corrected chi connectivity index (χ0v) is 9.15. The van der Waals surface area contributed by atoms with E-state index >= 15 is 0 Å².